The zero-order valence-corrected chi connectivity index (χ0v) is 9.21. The number of carbonyl (C=O) groups excluding carboxylic acids is 1. The van der Waals surface area contributed by atoms with E-state index in [0.29, 0.717) is 0 Å². The highest BCUT2D eigenvalue weighted by Crippen LogP contribution is 2.16. The zero-order valence-electron chi connectivity index (χ0n) is 6.04. The van der Waals surface area contributed by atoms with E-state index in [9.17, 15) is 9.59 Å². The number of aliphatic carboxylic acids is 1. The van der Waals surface area contributed by atoms with Crippen LogP contribution in [-0.2, 0) is 9.59 Å². The van der Waals surface area contributed by atoms with Gasteiger partial charge in [0.25, 0.3) is 0 Å². The highest BCUT2D eigenvalue weighted by molar-refractivity contribution is 9.21. The van der Waals surface area contributed by atoms with Crippen molar-refractivity contribution in [2.45, 2.75) is 18.9 Å². The van der Waals surface area contributed by atoms with Crippen LogP contribution in [0.3, 0.4) is 0 Å². The van der Waals surface area contributed by atoms with E-state index < -0.39 is 17.9 Å². The first-order chi connectivity index (χ1) is 5.45. The minimum absolute atomic E-state index is 0.0463. The van der Waals surface area contributed by atoms with Crippen LogP contribution in [0.2, 0.25) is 0 Å². The molecule has 0 heterocycles. The van der Waals surface area contributed by atoms with Crippen LogP contribution in [0.4, 0.5) is 0 Å². The lowest BCUT2D eigenvalue weighted by Crippen LogP contribution is -2.30. The van der Waals surface area contributed by atoms with Gasteiger partial charge in [-0.05, 0) is 6.42 Å². The first-order valence-corrected chi connectivity index (χ1v) is 4.49. The van der Waals surface area contributed by atoms with Crippen molar-refractivity contribution >= 4 is 44.2 Å². The van der Waals surface area contributed by atoms with Gasteiger partial charge in [0, 0.05) is 38.7 Å². The predicted molar refractivity (Wildman–Crippen MR) is 49.5 cm³/mol. The van der Waals surface area contributed by atoms with Gasteiger partial charge in [-0.25, -0.2) is 0 Å². The van der Waals surface area contributed by atoms with Gasteiger partial charge in [-0.3, -0.25) is 9.59 Å². The van der Waals surface area contributed by atoms with Crippen molar-refractivity contribution in [1.29, 1.82) is 0 Å². The molecule has 0 aromatic heterocycles. The molecule has 3 N–H and O–H groups in total. The molecule has 0 aromatic rings. The summed E-state index contributed by atoms with van der Waals surface area (Å²) >= 11 is 5.82. The molecule has 5 nitrogen and oxygen atoms in total. The maximum Gasteiger partial charge on any atom is 0.322 e. The molecular weight excluding hydrogens is 296 g/mol. The van der Waals surface area contributed by atoms with Crippen LogP contribution in [0, 0.1) is 0 Å². The minimum atomic E-state index is -1.02. The summed E-state index contributed by atoms with van der Waals surface area (Å²) in [5.41, 5.74) is 4.86. The maximum atomic E-state index is 10.5. The Bertz CT molecular complexity index is 186. The third kappa shape index (κ3) is 4.68. The molecule has 70 valence electrons. The summed E-state index contributed by atoms with van der Waals surface area (Å²) in [7, 11) is 0. The molecule has 0 aliphatic rings. The normalized spacial score (nSPS) is 12.9. The Morgan fingerprint density at radius 2 is 2.00 bits per heavy atom. The van der Waals surface area contributed by atoms with Gasteiger partial charge >= 0.3 is 5.97 Å². The number of nitrogens with zero attached hydrogens (tertiary/aromatic N) is 1. The lowest BCUT2D eigenvalue weighted by molar-refractivity contribution is -0.140. The van der Waals surface area contributed by atoms with Gasteiger partial charge in [-0.1, -0.05) is 0 Å². The van der Waals surface area contributed by atoms with Crippen molar-refractivity contribution in [2.75, 3.05) is 0 Å². The van der Waals surface area contributed by atoms with Crippen molar-refractivity contribution in [2.24, 2.45) is 5.73 Å². The third-order valence-electron chi connectivity index (χ3n) is 1.18. The molecule has 0 aromatic carbocycles. The molecule has 1 atom stereocenters. The van der Waals surface area contributed by atoms with E-state index in [1.165, 1.54) is 2.95 Å². The largest absolute Gasteiger partial charge is 0.480 e. The lowest BCUT2D eigenvalue weighted by Gasteiger charge is -2.14. The number of nitrogens with two attached hydrogens (primary N) is 1. The van der Waals surface area contributed by atoms with Crippen molar-refractivity contribution in [3.8, 4) is 0 Å². The van der Waals surface area contributed by atoms with Gasteiger partial charge in [0.1, 0.15) is 6.04 Å². The van der Waals surface area contributed by atoms with E-state index in [0.717, 1.165) is 0 Å². The highest BCUT2D eigenvalue weighted by Gasteiger charge is 2.22. The molecule has 0 fully saturated rings. The molecule has 0 aliphatic carbocycles. The average molecular weight is 304 g/mol. The van der Waals surface area contributed by atoms with E-state index >= 15 is 0 Å². The Kier molecular flexibility index (Phi) is 5.43. The van der Waals surface area contributed by atoms with Gasteiger partial charge in [-0.2, -0.15) is 2.95 Å². The topological polar surface area (TPSA) is 83.6 Å². The quantitative estimate of drug-likeness (QED) is 0.730. The number of amides is 1. The second-order valence-electron chi connectivity index (χ2n) is 2.12. The van der Waals surface area contributed by atoms with Crippen LogP contribution in [-0.4, -0.2) is 26.0 Å². The Balaban J connectivity index is 3.97. The van der Waals surface area contributed by atoms with Gasteiger partial charge in [0.05, 0.1) is 0 Å². The SMILES string of the molecule is NC(=O)CCC(C(=O)O)N(Br)Br. The molecule has 12 heavy (non-hydrogen) atoms. The van der Waals surface area contributed by atoms with Crippen LogP contribution < -0.4 is 5.73 Å². The fourth-order valence-corrected chi connectivity index (χ4v) is 1.34. The molecule has 0 saturated heterocycles. The average Bonchev–Trinajstić information content (AvgIpc) is 1.84. The van der Waals surface area contributed by atoms with Gasteiger partial charge in [-0.15, -0.1) is 0 Å². The van der Waals surface area contributed by atoms with Crippen molar-refractivity contribution in [3.05, 3.63) is 0 Å². The van der Waals surface area contributed by atoms with Crippen LogP contribution in [0.15, 0.2) is 0 Å². The summed E-state index contributed by atoms with van der Waals surface area (Å²) in [4.78, 5) is 20.8. The number of carbonyl (C=O) groups is 2. The summed E-state index contributed by atoms with van der Waals surface area (Å²) in [6.45, 7) is 0. The minimum Gasteiger partial charge on any atom is -0.480 e. The van der Waals surface area contributed by atoms with Crippen molar-refractivity contribution in [3.63, 3.8) is 0 Å². The fraction of sp³-hybridized carbons (Fsp3) is 0.600. The molecular formula is C5H8Br2N2O3. The van der Waals surface area contributed by atoms with Crippen LogP contribution in [0.5, 0.6) is 0 Å². The standard InChI is InChI=1S/C5H8Br2N2O3/c6-9(7)3(5(11)12)1-2-4(8)10/h3H,1-2H2,(H2,8,10)(H,11,12). The Morgan fingerprint density at radius 3 is 2.25 bits per heavy atom. The van der Waals surface area contributed by atoms with Crippen LogP contribution in [0.25, 0.3) is 0 Å². The van der Waals surface area contributed by atoms with E-state index in [1.54, 1.807) is 0 Å². The summed E-state index contributed by atoms with van der Waals surface area (Å²) in [6.07, 6.45) is 0.214. The summed E-state index contributed by atoms with van der Waals surface area (Å²) in [6, 6.07) is -0.794. The van der Waals surface area contributed by atoms with E-state index in [2.05, 4.69) is 32.3 Å². The second kappa shape index (κ2) is 5.50. The Hall–Kier alpha value is -0.140. The molecule has 0 spiro atoms. The zero-order chi connectivity index (χ0) is 9.72. The number of hydrogen-bond acceptors (Lipinski definition) is 3. The van der Waals surface area contributed by atoms with E-state index in [4.69, 9.17) is 10.8 Å². The summed E-state index contributed by atoms with van der Waals surface area (Å²) in [5.74, 6) is -1.53. The third-order valence-corrected chi connectivity index (χ3v) is 2.17. The number of primary amides is 1. The van der Waals surface area contributed by atoms with Gasteiger partial charge < -0.3 is 10.8 Å². The van der Waals surface area contributed by atoms with Crippen LogP contribution >= 0.6 is 32.3 Å². The maximum absolute atomic E-state index is 10.5. The number of rotatable bonds is 5. The lowest BCUT2D eigenvalue weighted by atomic mass is 10.2. The molecule has 0 aliphatic heterocycles. The van der Waals surface area contributed by atoms with Gasteiger partial charge in [0.15, 0.2) is 0 Å². The number of carboxylic acid groups (broad SMARTS) is 1. The second-order valence-corrected chi connectivity index (χ2v) is 4.60. The molecule has 0 saturated carbocycles. The first kappa shape index (κ1) is 11.9. The van der Waals surface area contributed by atoms with Crippen LogP contribution in [0.1, 0.15) is 12.8 Å². The highest BCUT2D eigenvalue weighted by atomic mass is 79.9. The summed E-state index contributed by atoms with van der Waals surface area (Å²) in [5, 5.41) is 8.60. The number of halogens is 2. The predicted octanol–water partition coefficient (Wildman–Crippen LogP) is 0.627. The molecule has 0 bridgehead atoms. The number of carboxylic acids is 1. The molecule has 0 rings (SSSR count). The summed E-state index contributed by atoms with van der Waals surface area (Å²) < 4.78 is 1.17. The number of hydrogen-bond donors (Lipinski definition) is 2. The van der Waals surface area contributed by atoms with Crippen molar-refractivity contribution < 1.29 is 14.7 Å². The monoisotopic (exact) mass is 302 g/mol. The van der Waals surface area contributed by atoms with E-state index in [1.807, 2.05) is 0 Å². The van der Waals surface area contributed by atoms with Gasteiger partial charge in [0.2, 0.25) is 5.91 Å². The first-order valence-electron chi connectivity index (χ1n) is 3.07. The fourth-order valence-electron chi connectivity index (χ4n) is 0.584. The molecule has 1 unspecified atom stereocenters. The van der Waals surface area contributed by atoms with E-state index in [-0.39, 0.29) is 12.8 Å². The molecule has 0 radical (unpaired) electrons. The Morgan fingerprint density at radius 1 is 1.50 bits per heavy atom. The molecule has 7 heteroatoms. The smallest absolute Gasteiger partial charge is 0.322 e. The molecule has 1 amide bonds. The Labute approximate surface area is 86.6 Å². The van der Waals surface area contributed by atoms with Crippen molar-refractivity contribution in [1.82, 2.24) is 2.95 Å².